The monoisotopic (exact) mass is 534 g/mol. The minimum absolute atomic E-state index is 0.0626. The van der Waals surface area contributed by atoms with Crippen molar-refractivity contribution in [3.8, 4) is 0 Å². The molecule has 0 fully saturated rings. The van der Waals surface area contributed by atoms with Crippen LogP contribution in [0.5, 0.6) is 0 Å². The number of benzene rings is 3. The second kappa shape index (κ2) is 9.92. The highest BCUT2D eigenvalue weighted by Gasteiger charge is 2.30. The Balaban J connectivity index is 1.61. The molecule has 1 aromatic heterocycles. The first-order valence-electron chi connectivity index (χ1n) is 10.2. The summed E-state index contributed by atoms with van der Waals surface area (Å²) in [7, 11) is 0. The maximum atomic E-state index is 13.0. The molecule has 0 bridgehead atoms. The fraction of sp³-hybridized carbons (Fsp3) is 0.0417. The van der Waals surface area contributed by atoms with Crippen LogP contribution in [-0.2, 0) is 15.8 Å². The van der Waals surface area contributed by atoms with E-state index in [0.29, 0.717) is 27.7 Å². The van der Waals surface area contributed by atoms with Crippen LogP contribution in [-0.4, -0.2) is 22.4 Å². The summed E-state index contributed by atoms with van der Waals surface area (Å²) in [4.78, 5) is 38.1. The predicted molar refractivity (Wildman–Crippen MR) is 131 cm³/mol. The number of aromatic nitrogens is 1. The molecule has 0 unspecified atom stereocenters. The third kappa shape index (κ3) is 5.45. The van der Waals surface area contributed by atoms with Gasteiger partial charge in [-0.15, -0.1) is 0 Å². The molecule has 3 amide bonds. The maximum Gasteiger partial charge on any atom is 0.416 e. The maximum absolute atomic E-state index is 13.0. The van der Waals surface area contributed by atoms with Crippen LogP contribution < -0.4 is 16.1 Å². The van der Waals surface area contributed by atoms with Crippen molar-refractivity contribution in [3.63, 3.8) is 0 Å². The van der Waals surface area contributed by atoms with Gasteiger partial charge >= 0.3 is 18.0 Å². The van der Waals surface area contributed by atoms with Crippen molar-refractivity contribution in [2.24, 2.45) is 0 Å². The molecule has 0 atom stereocenters. The number of fused-ring (bicyclic) bond motifs is 1. The second-order valence-corrected chi connectivity index (χ2v) is 8.32. The lowest BCUT2D eigenvalue weighted by Gasteiger charge is -2.13. The molecule has 7 nitrogen and oxygen atoms in total. The Morgan fingerprint density at radius 3 is 2.28 bits per heavy atom. The van der Waals surface area contributed by atoms with E-state index in [-0.39, 0.29) is 16.4 Å². The van der Waals surface area contributed by atoms with Gasteiger partial charge in [0.1, 0.15) is 5.69 Å². The summed E-state index contributed by atoms with van der Waals surface area (Å²) in [5, 5.41) is 5.86. The number of nitrogens with zero attached hydrogens (tertiary/aromatic N) is 1. The minimum Gasteiger partial charge on any atom is -0.319 e. The van der Waals surface area contributed by atoms with Crippen LogP contribution in [0.15, 0.2) is 72.8 Å². The van der Waals surface area contributed by atoms with Crippen LogP contribution in [0.1, 0.15) is 16.1 Å². The van der Waals surface area contributed by atoms with Crippen LogP contribution in [0.3, 0.4) is 0 Å². The fourth-order valence-corrected chi connectivity index (χ4v) is 3.70. The molecule has 0 aliphatic carbocycles. The average molecular weight is 535 g/mol. The molecule has 3 N–H and O–H groups in total. The van der Waals surface area contributed by atoms with Crippen molar-refractivity contribution in [2.75, 3.05) is 16.1 Å². The normalized spacial score (nSPS) is 11.2. The van der Waals surface area contributed by atoms with Crippen LogP contribution in [0.2, 0.25) is 10.0 Å². The van der Waals surface area contributed by atoms with E-state index in [0.717, 1.165) is 16.8 Å². The molecule has 4 aromatic rings. The third-order valence-electron chi connectivity index (χ3n) is 4.99. The van der Waals surface area contributed by atoms with Gasteiger partial charge in [0.15, 0.2) is 0 Å². The summed E-state index contributed by atoms with van der Waals surface area (Å²) in [5.41, 5.74) is 1.67. The Morgan fingerprint density at radius 1 is 0.806 bits per heavy atom. The van der Waals surface area contributed by atoms with Gasteiger partial charge in [0.05, 0.1) is 21.8 Å². The Bertz CT molecular complexity index is 1500. The molecular formula is C24H15Cl2F3N4O3. The molecule has 0 aliphatic rings. The summed E-state index contributed by atoms with van der Waals surface area (Å²) >= 11 is 12.1. The Kier molecular flexibility index (Phi) is 6.91. The molecule has 0 radical (unpaired) electrons. The summed E-state index contributed by atoms with van der Waals surface area (Å²) in [6.07, 6.45) is -4.63. The van der Waals surface area contributed by atoms with Crippen LogP contribution in [0.25, 0.3) is 10.9 Å². The first-order chi connectivity index (χ1) is 17.0. The number of halogens is 5. The van der Waals surface area contributed by atoms with E-state index in [1.807, 2.05) is 0 Å². The second-order valence-electron chi connectivity index (χ2n) is 7.48. The molecule has 4 rings (SSSR count). The number of amides is 3. The van der Waals surface area contributed by atoms with Crippen LogP contribution in [0, 0.1) is 0 Å². The van der Waals surface area contributed by atoms with Gasteiger partial charge in [-0.25, -0.2) is 4.68 Å². The molecule has 0 spiro atoms. The largest absolute Gasteiger partial charge is 0.416 e. The number of carbonyl (C=O) groups is 3. The summed E-state index contributed by atoms with van der Waals surface area (Å²) in [5.74, 6) is -3.14. The predicted octanol–water partition coefficient (Wildman–Crippen LogP) is 5.93. The quantitative estimate of drug-likeness (QED) is 0.283. The fourth-order valence-electron chi connectivity index (χ4n) is 3.34. The van der Waals surface area contributed by atoms with E-state index < -0.39 is 29.5 Å². The summed E-state index contributed by atoms with van der Waals surface area (Å²) < 4.78 is 39.9. The highest BCUT2D eigenvalue weighted by molar-refractivity contribution is 6.42. The lowest BCUT2D eigenvalue weighted by Crippen LogP contribution is -2.36. The highest BCUT2D eigenvalue weighted by atomic mass is 35.5. The van der Waals surface area contributed by atoms with Crippen molar-refractivity contribution >= 4 is 63.2 Å². The number of para-hydroxylation sites is 1. The van der Waals surface area contributed by atoms with Crippen LogP contribution >= 0.6 is 23.2 Å². The van der Waals surface area contributed by atoms with E-state index in [1.54, 1.807) is 30.3 Å². The zero-order valence-corrected chi connectivity index (χ0v) is 19.5. The van der Waals surface area contributed by atoms with E-state index in [1.165, 1.54) is 24.3 Å². The molecule has 12 heteroatoms. The smallest absolute Gasteiger partial charge is 0.319 e. The molecule has 1 heterocycles. The number of hydrogen-bond donors (Lipinski definition) is 3. The van der Waals surface area contributed by atoms with E-state index in [9.17, 15) is 27.6 Å². The van der Waals surface area contributed by atoms with Gasteiger partial charge in [-0.1, -0.05) is 41.4 Å². The molecule has 0 saturated heterocycles. The number of nitrogens with one attached hydrogen (secondary N) is 3. The average Bonchev–Trinajstić information content (AvgIpc) is 3.17. The highest BCUT2D eigenvalue weighted by Crippen LogP contribution is 2.31. The summed E-state index contributed by atoms with van der Waals surface area (Å²) in [6.45, 7) is 0. The van der Waals surface area contributed by atoms with Crippen molar-refractivity contribution in [3.05, 3.63) is 94.1 Å². The summed E-state index contributed by atoms with van der Waals surface area (Å²) in [6, 6.07) is 16.4. The van der Waals surface area contributed by atoms with Gasteiger partial charge in [-0.05, 0) is 54.6 Å². The van der Waals surface area contributed by atoms with Gasteiger partial charge in [0.25, 0.3) is 5.91 Å². The van der Waals surface area contributed by atoms with Crippen molar-refractivity contribution in [1.29, 1.82) is 0 Å². The number of hydrogen-bond acceptors (Lipinski definition) is 3. The first kappa shape index (κ1) is 25.1. The van der Waals surface area contributed by atoms with E-state index in [2.05, 4.69) is 16.1 Å². The molecular weight excluding hydrogens is 520 g/mol. The molecule has 0 aliphatic heterocycles. The van der Waals surface area contributed by atoms with E-state index in [4.69, 9.17) is 23.2 Å². The molecule has 36 heavy (non-hydrogen) atoms. The van der Waals surface area contributed by atoms with E-state index >= 15 is 0 Å². The Morgan fingerprint density at radius 2 is 1.56 bits per heavy atom. The van der Waals surface area contributed by atoms with Crippen LogP contribution in [0.4, 0.5) is 24.5 Å². The van der Waals surface area contributed by atoms with Crippen molar-refractivity contribution < 1.29 is 27.6 Å². The third-order valence-corrected chi connectivity index (χ3v) is 5.55. The first-order valence-corrected chi connectivity index (χ1v) is 10.9. The molecule has 0 saturated carbocycles. The van der Waals surface area contributed by atoms with Gasteiger partial charge in [0.2, 0.25) is 0 Å². The lowest BCUT2D eigenvalue weighted by molar-refractivity contribution is -0.137. The van der Waals surface area contributed by atoms with Gasteiger partial charge < -0.3 is 10.6 Å². The standard InChI is InChI=1S/C24H15Cl2F3N4O3/c25-15-8-9-19-13(10-15)11-20(21(34)31-18-7-2-1-6-17(18)26)33(19)32-23(36)22(35)30-16-5-3-4-14(12-16)24(27,28)29/h1-12H,(H,30,35)(H,31,34)(H,32,36). The zero-order chi connectivity index (χ0) is 26.0. The number of alkyl halides is 3. The van der Waals surface area contributed by atoms with Gasteiger partial charge in [-0.2, -0.15) is 13.2 Å². The Labute approximate surface area is 211 Å². The number of carbonyl (C=O) groups excluding carboxylic acids is 3. The van der Waals surface area contributed by atoms with Crippen molar-refractivity contribution in [2.45, 2.75) is 6.18 Å². The lowest BCUT2D eigenvalue weighted by atomic mass is 10.2. The van der Waals surface area contributed by atoms with Gasteiger partial charge in [-0.3, -0.25) is 19.8 Å². The number of rotatable bonds is 4. The molecule has 184 valence electrons. The molecule has 3 aromatic carbocycles. The minimum atomic E-state index is -4.63. The van der Waals surface area contributed by atoms with Crippen molar-refractivity contribution in [1.82, 2.24) is 4.68 Å². The topological polar surface area (TPSA) is 92.2 Å². The Hall–Kier alpha value is -4.02. The SMILES string of the molecule is O=C(Nc1cccc(C(F)(F)F)c1)C(=O)Nn1c(C(=O)Nc2ccccc2Cl)cc2cc(Cl)ccc21. The zero-order valence-electron chi connectivity index (χ0n) is 18.0. The number of anilines is 2. The van der Waals surface area contributed by atoms with Gasteiger partial charge in [0, 0.05) is 16.1 Å².